The molecule has 2 aromatic rings. The fourth-order valence-electron chi connectivity index (χ4n) is 7.41. The molecule has 16 heteroatoms. The number of fused-ring (bicyclic) bond motifs is 3. The van der Waals surface area contributed by atoms with Crippen LogP contribution in [0.4, 0.5) is 4.79 Å². The minimum Gasteiger partial charge on any atom is -0.497 e. The molecule has 0 unspecified atom stereocenters. The zero-order valence-corrected chi connectivity index (χ0v) is 30.9. The van der Waals surface area contributed by atoms with Crippen molar-refractivity contribution in [3.8, 4) is 11.6 Å². The highest BCUT2D eigenvalue weighted by atomic mass is 32.2. The van der Waals surface area contributed by atoms with Crippen molar-refractivity contribution in [1.82, 2.24) is 30.2 Å². The average Bonchev–Trinajstić information content (AvgIpc) is 4.01. The second-order valence-corrected chi connectivity index (χ2v) is 17.1. The van der Waals surface area contributed by atoms with Crippen LogP contribution in [0.15, 0.2) is 30.4 Å². The van der Waals surface area contributed by atoms with Gasteiger partial charge in [0.25, 0.3) is 5.91 Å². The van der Waals surface area contributed by atoms with E-state index in [9.17, 15) is 32.7 Å². The van der Waals surface area contributed by atoms with Crippen molar-refractivity contribution in [2.75, 3.05) is 13.7 Å². The first-order chi connectivity index (χ1) is 24.6. The van der Waals surface area contributed by atoms with Crippen molar-refractivity contribution in [2.24, 2.45) is 17.8 Å². The number of hydrogen-bond donors (Lipinski definition) is 4. The molecule has 3 heterocycles. The molecule has 4 aliphatic rings. The number of nitrogens with zero attached hydrogens (tertiary/aromatic N) is 3. The summed E-state index contributed by atoms with van der Waals surface area (Å²) >= 11 is 0. The fraction of sp³-hybridized carbons (Fsp3) is 0.611. The second-order valence-electron chi connectivity index (χ2n) is 15.1. The molecule has 2 aliphatic heterocycles. The highest BCUT2D eigenvalue weighted by molar-refractivity contribution is 7.91. The monoisotopic (exact) mass is 740 g/mol. The van der Waals surface area contributed by atoms with E-state index in [1.165, 1.54) is 4.90 Å². The minimum atomic E-state index is -3.91. The van der Waals surface area contributed by atoms with E-state index in [0.29, 0.717) is 48.2 Å². The Kier molecular flexibility index (Phi) is 10.4. The summed E-state index contributed by atoms with van der Waals surface area (Å²) in [7, 11) is -2.36. The zero-order valence-electron chi connectivity index (χ0n) is 30.1. The van der Waals surface area contributed by atoms with Crippen LogP contribution in [0.25, 0.3) is 11.0 Å². The fourth-order valence-corrected chi connectivity index (χ4v) is 8.77. The number of sulfonamides is 1. The molecule has 0 radical (unpaired) electrons. The maximum atomic E-state index is 14.4. The topological polar surface area (TPSA) is 206 Å². The van der Waals surface area contributed by atoms with Crippen LogP contribution in [0.1, 0.15) is 84.3 Å². The van der Waals surface area contributed by atoms with Crippen LogP contribution in [0.2, 0.25) is 0 Å². The van der Waals surface area contributed by atoms with Crippen molar-refractivity contribution < 1.29 is 42.2 Å². The SMILES string of the molecule is COc1ccc2nc(C(C)C)c(O[C@@H]3C[C@H]4C(=O)N[C@]5(C(=O)NS(=O)(=O)C6CC6)C[C@H]5C=CCC[C@H](C)C[C@@H](C)[C@H](NC(=O)O)C(=O)N4C3)nc2c1. The molecule has 2 saturated carbocycles. The van der Waals surface area contributed by atoms with E-state index in [1.807, 2.05) is 39.8 Å². The molecule has 4 N–H and O–H groups in total. The standard InChI is InChI=1S/C36H48N6O9S/c1-19(2)29-32(38-27-15-23(50-5)10-13-26(27)37-29)51-24-16-28-31(43)40-36(34(45)41-52(48,49)25-11-12-25)17-22(36)9-7-6-8-20(3)14-21(4)30(39-35(46)47)33(44)42(28)18-24/h7,9-10,13,15,19-22,24-25,28,30,39H,6,8,11-12,14,16-18H2,1-5H3,(H,40,43)(H,41,45)(H,46,47)/t20-,21+,22+,24+,28-,30-,36+/m0/s1. The van der Waals surface area contributed by atoms with E-state index < -0.39 is 74.7 Å². The number of benzene rings is 1. The Hall–Kier alpha value is -4.47. The number of amides is 4. The third kappa shape index (κ3) is 7.81. The van der Waals surface area contributed by atoms with Crippen molar-refractivity contribution in [3.05, 3.63) is 36.0 Å². The molecule has 52 heavy (non-hydrogen) atoms. The minimum absolute atomic E-state index is 0.00388. The van der Waals surface area contributed by atoms with Crippen LogP contribution < -0.4 is 24.8 Å². The van der Waals surface area contributed by atoms with Crippen LogP contribution in [0, 0.1) is 17.8 Å². The molecule has 282 valence electrons. The Morgan fingerprint density at radius 2 is 1.85 bits per heavy atom. The molecule has 0 bridgehead atoms. The zero-order chi connectivity index (χ0) is 37.5. The first-order valence-corrected chi connectivity index (χ1v) is 19.5. The van der Waals surface area contributed by atoms with Gasteiger partial charge in [-0.15, -0.1) is 0 Å². The summed E-state index contributed by atoms with van der Waals surface area (Å²) in [6.07, 6.45) is 4.67. The lowest BCUT2D eigenvalue weighted by molar-refractivity contribution is -0.142. The number of ether oxygens (including phenoxy) is 2. The number of carbonyl (C=O) groups excluding carboxylic acids is 3. The van der Waals surface area contributed by atoms with Gasteiger partial charge in [0.15, 0.2) is 0 Å². The van der Waals surface area contributed by atoms with Gasteiger partial charge in [-0.3, -0.25) is 19.1 Å². The number of carbonyl (C=O) groups is 4. The van der Waals surface area contributed by atoms with Crippen LogP contribution in [-0.4, -0.2) is 94.8 Å². The molecule has 1 saturated heterocycles. The van der Waals surface area contributed by atoms with Gasteiger partial charge in [-0.05, 0) is 62.5 Å². The van der Waals surface area contributed by atoms with E-state index in [-0.39, 0.29) is 37.1 Å². The second kappa shape index (κ2) is 14.5. The average molecular weight is 741 g/mol. The highest BCUT2D eigenvalue weighted by Crippen LogP contribution is 2.46. The van der Waals surface area contributed by atoms with E-state index in [2.05, 4.69) is 15.4 Å². The number of hydrogen-bond acceptors (Lipinski definition) is 10. The Labute approximate surface area is 303 Å². The smallest absolute Gasteiger partial charge is 0.405 e. The van der Waals surface area contributed by atoms with Crippen molar-refractivity contribution in [3.63, 3.8) is 0 Å². The normalized spacial score (nSPS) is 29.7. The van der Waals surface area contributed by atoms with Crippen molar-refractivity contribution >= 4 is 44.9 Å². The van der Waals surface area contributed by atoms with E-state index in [1.54, 1.807) is 25.3 Å². The molecular formula is C36H48N6O9S. The predicted molar refractivity (Wildman–Crippen MR) is 190 cm³/mol. The molecule has 7 atom stereocenters. The van der Waals surface area contributed by atoms with Gasteiger partial charge in [0.05, 0.1) is 29.9 Å². The lowest BCUT2D eigenvalue weighted by atomic mass is 9.88. The molecule has 2 aliphatic carbocycles. The molecule has 1 aromatic heterocycles. The Bertz CT molecular complexity index is 1880. The molecule has 15 nitrogen and oxygen atoms in total. The summed E-state index contributed by atoms with van der Waals surface area (Å²) in [5.74, 6) is -2.11. The maximum Gasteiger partial charge on any atom is 0.405 e. The van der Waals surface area contributed by atoms with E-state index in [0.717, 1.165) is 6.42 Å². The Morgan fingerprint density at radius 1 is 1.10 bits per heavy atom. The van der Waals surface area contributed by atoms with Crippen LogP contribution in [0.3, 0.4) is 0 Å². The summed E-state index contributed by atoms with van der Waals surface area (Å²) in [5, 5.41) is 14.4. The van der Waals surface area contributed by atoms with Gasteiger partial charge in [0, 0.05) is 24.3 Å². The van der Waals surface area contributed by atoms with Gasteiger partial charge >= 0.3 is 6.09 Å². The first kappa shape index (κ1) is 37.3. The number of allylic oxidation sites excluding steroid dienone is 1. The van der Waals surface area contributed by atoms with Crippen molar-refractivity contribution in [2.45, 2.75) is 108 Å². The predicted octanol–water partition coefficient (Wildman–Crippen LogP) is 3.24. The molecule has 6 rings (SSSR count). The summed E-state index contributed by atoms with van der Waals surface area (Å²) in [6, 6.07) is 2.98. The van der Waals surface area contributed by atoms with Crippen LogP contribution in [-0.2, 0) is 24.4 Å². The quantitative estimate of drug-likeness (QED) is 0.289. The van der Waals surface area contributed by atoms with E-state index >= 15 is 0 Å². The van der Waals surface area contributed by atoms with Crippen LogP contribution in [0.5, 0.6) is 11.6 Å². The van der Waals surface area contributed by atoms with Gasteiger partial charge in [-0.2, -0.15) is 0 Å². The third-order valence-electron chi connectivity index (χ3n) is 10.6. The summed E-state index contributed by atoms with van der Waals surface area (Å²) < 4.78 is 39.7. The van der Waals surface area contributed by atoms with Gasteiger partial charge in [-0.1, -0.05) is 39.8 Å². The number of carboxylic acid groups (broad SMARTS) is 1. The summed E-state index contributed by atoms with van der Waals surface area (Å²) in [4.78, 5) is 65.3. The van der Waals surface area contributed by atoms with Gasteiger partial charge in [-0.25, -0.2) is 23.2 Å². The van der Waals surface area contributed by atoms with E-state index in [4.69, 9.17) is 19.4 Å². The molecule has 3 fully saturated rings. The molecule has 1 aromatic carbocycles. The first-order valence-electron chi connectivity index (χ1n) is 18.0. The summed E-state index contributed by atoms with van der Waals surface area (Å²) in [5.41, 5.74) is 0.202. The van der Waals surface area contributed by atoms with Gasteiger partial charge in [0.1, 0.15) is 35.2 Å². The molecule has 4 amide bonds. The largest absolute Gasteiger partial charge is 0.497 e. The summed E-state index contributed by atoms with van der Waals surface area (Å²) in [6.45, 7) is 7.65. The lowest BCUT2D eigenvalue weighted by Crippen LogP contribution is -2.59. The molecular weight excluding hydrogens is 692 g/mol. The van der Waals surface area contributed by atoms with Crippen LogP contribution >= 0.6 is 0 Å². The number of nitrogens with one attached hydrogen (secondary N) is 3. The molecule has 0 spiro atoms. The highest BCUT2D eigenvalue weighted by Gasteiger charge is 2.62. The number of rotatable bonds is 8. The van der Waals surface area contributed by atoms with Crippen molar-refractivity contribution in [1.29, 1.82) is 0 Å². The number of aromatic nitrogens is 2. The number of methoxy groups -OCH3 is 1. The van der Waals surface area contributed by atoms with Gasteiger partial charge < -0.3 is 30.1 Å². The maximum absolute atomic E-state index is 14.4. The lowest BCUT2D eigenvalue weighted by Gasteiger charge is -2.32. The van der Waals surface area contributed by atoms with Gasteiger partial charge in [0.2, 0.25) is 27.7 Å². The Morgan fingerprint density at radius 3 is 2.52 bits per heavy atom. The Balaban J connectivity index is 1.35. The third-order valence-corrected chi connectivity index (χ3v) is 12.4.